The summed E-state index contributed by atoms with van der Waals surface area (Å²) in [7, 11) is 3.57. The summed E-state index contributed by atoms with van der Waals surface area (Å²) in [5.41, 5.74) is 1.02. The van der Waals surface area contributed by atoms with E-state index in [1.807, 2.05) is 14.0 Å². The van der Waals surface area contributed by atoms with Crippen molar-refractivity contribution in [3.8, 4) is 0 Å². The van der Waals surface area contributed by atoms with Crippen LogP contribution in [0.25, 0.3) is 0 Å². The van der Waals surface area contributed by atoms with Crippen LogP contribution in [0.4, 0.5) is 18.3 Å². The molecule has 0 unspecified atom stereocenters. The molecular weight excluding hydrogens is 355 g/mol. The first-order chi connectivity index (χ1) is 11.7. The number of aromatic nitrogens is 3. The molecule has 6 nitrogen and oxygen atoms in total. The van der Waals surface area contributed by atoms with Gasteiger partial charge in [0.25, 0.3) is 0 Å². The van der Waals surface area contributed by atoms with E-state index in [-0.39, 0.29) is 23.0 Å². The molecule has 1 aliphatic heterocycles. The van der Waals surface area contributed by atoms with E-state index < -0.39 is 11.9 Å². The minimum atomic E-state index is -4.45. The Kier molecular flexibility index (Phi) is 4.48. The standard InChI is InChI=1S/C15H18F3N5OS/c1-8-10(6-20-23(8)3)13-9(4-12(24)22(13)2)5-19-14-21-11(7-25-14)15(16,17)18/h6-7,9,13H,4-5H2,1-3H3,(H,19,21)/t9-,13+/m0/s1. The summed E-state index contributed by atoms with van der Waals surface area (Å²) < 4.78 is 39.6. The predicted octanol–water partition coefficient (Wildman–Crippen LogP) is 2.84. The summed E-state index contributed by atoms with van der Waals surface area (Å²) in [6.45, 7) is 2.29. The third-order valence-electron chi connectivity index (χ3n) is 4.60. The van der Waals surface area contributed by atoms with Crippen molar-refractivity contribution in [1.29, 1.82) is 0 Å². The van der Waals surface area contributed by atoms with Gasteiger partial charge in [-0.3, -0.25) is 9.48 Å². The lowest BCUT2D eigenvalue weighted by Crippen LogP contribution is -2.27. The van der Waals surface area contributed by atoms with E-state index in [1.54, 1.807) is 22.8 Å². The van der Waals surface area contributed by atoms with Crippen molar-refractivity contribution >= 4 is 22.4 Å². The Bertz CT molecular complexity index is 784. The molecule has 1 aliphatic rings. The number of amides is 1. The second kappa shape index (κ2) is 6.32. The highest BCUT2D eigenvalue weighted by atomic mass is 32.1. The number of nitrogens with one attached hydrogen (secondary N) is 1. The van der Waals surface area contributed by atoms with Crippen molar-refractivity contribution in [2.24, 2.45) is 13.0 Å². The van der Waals surface area contributed by atoms with Crippen LogP contribution in [0.15, 0.2) is 11.6 Å². The molecule has 1 amide bonds. The van der Waals surface area contributed by atoms with Gasteiger partial charge in [-0.05, 0) is 6.92 Å². The lowest BCUT2D eigenvalue weighted by atomic mass is 9.94. The molecule has 0 radical (unpaired) electrons. The number of likely N-dealkylation sites (tertiary alicyclic amines) is 1. The number of carbonyl (C=O) groups excluding carboxylic acids is 1. The van der Waals surface area contributed by atoms with E-state index in [2.05, 4.69) is 15.4 Å². The Balaban J connectivity index is 1.75. The first-order valence-electron chi connectivity index (χ1n) is 7.69. The van der Waals surface area contributed by atoms with Gasteiger partial charge in [0.2, 0.25) is 5.91 Å². The predicted molar refractivity (Wildman–Crippen MR) is 87.2 cm³/mol. The summed E-state index contributed by atoms with van der Waals surface area (Å²) in [4.78, 5) is 17.4. The maximum atomic E-state index is 12.6. The Morgan fingerprint density at radius 3 is 2.68 bits per heavy atom. The summed E-state index contributed by atoms with van der Waals surface area (Å²) in [6, 6.07) is -0.157. The molecule has 0 aliphatic carbocycles. The molecule has 1 fully saturated rings. The van der Waals surface area contributed by atoms with Gasteiger partial charge in [0.15, 0.2) is 10.8 Å². The lowest BCUT2D eigenvalue weighted by Gasteiger charge is -2.25. The molecule has 10 heteroatoms. The van der Waals surface area contributed by atoms with Gasteiger partial charge >= 0.3 is 6.18 Å². The van der Waals surface area contributed by atoms with Crippen molar-refractivity contribution in [2.75, 3.05) is 18.9 Å². The largest absolute Gasteiger partial charge is 0.434 e. The van der Waals surface area contributed by atoms with E-state index in [9.17, 15) is 18.0 Å². The maximum absolute atomic E-state index is 12.6. The van der Waals surface area contributed by atoms with E-state index in [4.69, 9.17) is 0 Å². The number of hydrogen-bond acceptors (Lipinski definition) is 5. The van der Waals surface area contributed by atoms with Gasteiger partial charge in [-0.2, -0.15) is 18.3 Å². The molecule has 0 bridgehead atoms. The van der Waals surface area contributed by atoms with Crippen molar-refractivity contribution in [3.63, 3.8) is 0 Å². The molecule has 0 aromatic carbocycles. The van der Waals surface area contributed by atoms with Crippen LogP contribution in [0.5, 0.6) is 0 Å². The SMILES string of the molecule is Cc1c([C@H]2[C@H](CNc3nc(C(F)(F)F)cs3)CC(=O)N2C)cnn1C. The normalized spacial score (nSPS) is 21.2. The molecule has 136 valence electrons. The summed E-state index contributed by atoms with van der Waals surface area (Å²) in [5.74, 6) is -0.0613. The van der Waals surface area contributed by atoms with Gasteiger partial charge in [-0.1, -0.05) is 0 Å². The van der Waals surface area contributed by atoms with Crippen LogP contribution in [0.2, 0.25) is 0 Å². The first-order valence-corrected chi connectivity index (χ1v) is 8.57. The smallest absolute Gasteiger partial charge is 0.361 e. The van der Waals surface area contributed by atoms with Gasteiger partial charge in [-0.15, -0.1) is 11.3 Å². The monoisotopic (exact) mass is 373 g/mol. The number of aryl methyl sites for hydroxylation is 1. The van der Waals surface area contributed by atoms with Crippen molar-refractivity contribution in [3.05, 3.63) is 28.5 Å². The Morgan fingerprint density at radius 2 is 2.12 bits per heavy atom. The zero-order valence-corrected chi connectivity index (χ0v) is 14.8. The van der Waals surface area contributed by atoms with E-state index in [1.165, 1.54) is 0 Å². The van der Waals surface area contributed by atoms with Crippen LogP contribution in [0.1, 0.15) is 29.4 Å². The van der Waals surface area contributed by atoms with Gasteiger partial charge < -0.3 is 10.2 Å². The molecule has 3 rings (SSSR count). The first kappa shape index (κ1) is 17.7. The number of thiazole rings is 1. The average Bonchev–Trinajstić information content (AvgIpc) is 3.20. The number of alkyl halides is 3. The van der Waals surface area contributed by atoms with Gasteiger partial charge in [-0.25, -0.2) is 4.98 Å². The second-order valence-electron chi connectivity index (χ2n) is 6.14. The topological polar surface area (TPSA) is 63.1 Å². The summed E-state index contributed by atoms with van der Waals surface area (Å²) in [5, 5.41) is 8.36. The second-order valence-corrected chi connectivity index (χ2v) is 7.00. The number of halogens is 3. The minimum absolute atomic E-state index is 0.00942. The van der Waals surface area contributed by atoms with Crippen LogP contribution in [0, 0.1) is 12.8 Å². The Hall–Kier alpha value is -2.10. The number of rotatable bonds is 4. The minimum Gasteiger partial charge on any atom is -0.361 e. The average molecular weight is 373 g/mol. The molecule has 25 heavy (non-hydrogen) atoms. The van der Waals surface area contributed by atoms with Crippen LogP contribution in [0.3, 0.4) is 0 Å². The Morgan fingerprint density at radius 1 is 1.40 bits per heavy atom. The van der Waals surface area contributed by atoms with Gasteiger partial charge in [0, 0.05) is 49.6 Å². The zero-order chi connectivity index (χ0) is 18.4. The fourth-order valence-corrected chi connectivity index (χ4v) is 3.83. The molecule has 0 spiro atoms. The molecule has 2 atom stereocenters. The number of nitrogens with zero attached hydrogens (tertiary/aromatic N) is 4. The fourth-order valence-electron chi connectivity index (χ4n) is 3.11. The molecule has 3 heterocycles. The highest BCUT2D eigenvalue weighted by Crippen LogP contribution is 2.38. The molecule has 2 aromatic heterocycles. The fraction of sp³-hybridized carbons (Fsp3) is 0.533. The lowest BCUT2D eigenvalue weighted by molar-refractivity contribution is -0.140. The summed E-state index contributed by atoms with van der Waals surface area (Å²) in [6.07, 6.45) is -2.37. The number of anilines is 1. The van der Waals surface area contributed by atoms with Crippen LogP contribution < -0.4 is 5.32 Å². The van der Waals surface area contributed by atoms with Crippen molar-refractivity contribution in [2.45, 2.75) is 25.6 Å². The Labute approximate surface area is 146 Å². The highest BCUT2D eigenvalue weighted by molar-refractivity contribution is 7.13. The van der Waals surface area contributed by atoms with Crippen LogP contribution in [-0.4, -0.2) is 39.2 Å². The molecule has 0 saturated carbocycles. The highest BCUT2D eigenvalue weighted by Gasteiger charge is 2.40. The molecule has 2 aromatic rings. The zero-order valence-electron chi connectivity index (χ0n) is 14.0. The van der Waals surface area contributed by atoms with E-state index >= 15 is 0 Å². The molecular formula is C15H18F3N5OS. The molecule has 1 N–H and O–H groups in total. The van der Waals surface area contributed by atoms with Crippen LogP contribution in [-0.2, 0) is 18.0 Å². The third-order valence-corrected chi connectivity index (χ3v) is 5.40. The maximum Gasteiger partial charge on any atom is 0.434 e. The quantitative estimate of drug-likeness (QED) is 0.895. The number of hydrogen-bond donors (Lipinski definition) is 1. The van der Waals surface area contributed by atoms with Gasteiger partial charge in [0.05, 0.1) is 12.2 Å². The third kappa shape index (κ3) is 3.35. The molecule has 1 saturated heterocycles. The number of carbonyl (C=O) groups is 1. The van der Waals surface area contributed by atoms with Crippen molar-refractivity contribution < 1.29 is 18.0 Å². The van der Waals surface area contributed by atoms with E-state index in [0.717, 1.165) is 28.0 Å². The van der Waals surface area contributed by atoms with E-state index in [0.29, 0.717) is 13.0 Å². The van der Waals surface area contributed by atoms with Gasteiger partial charge in [0.1, 0.15) is 0 Å². The van der Waals surface area contributed by atoms with Crippen molar-refractivity contribution in [1.82, 2.24) is 19.7 Å². The van der Waals surface area contributed by atoms with Crippen LogP contribution >= 0.6 is 11.3 Å². The summed E-state index contributed by atoms with van der Waals surface area (Å²) >= 11 is 0.908.